The lowest BCUT2D eigenvalue weighted by Crippen LogP contribution is -2.00. The Morgan fingerprint density at radius 2 is 1.85 bits per heavy atom. The van der Waals surface area contributed by atoms with Crippen molar-refractivity contribution < 1.29 is 5.11 Å². The molecule has 0 unspecified atom stereocenters. The molecule has 8 heteroatoms. The predicted octanol–water partition coefficient (Wildman–Crippen LogP) is 4.48. The topological polar surface area (TPSA) is 76.7 Å². The van der Waals surface area contributed by atoms with Gasteiger partial charge in [0, 0.05) is 23.2 Å². The second-order valence-electron chi connectivity index (χ2n) is 5.84. The Bertz CT molecular complexity index is 1030. The van der Waals surface area contributed by atoms with Crippen molar-refractivity contribution in [2.75, 3.05) is 0 Å². The van der Waals surface area contributed by atoms with Crippen molar-refractivity contribution in [3.05, 3.63) is 59.5 Å². The molecule has 4 aromatic rings. The van der Waals surface area contributed by atoms with Crippen molar-refractivity contribution in [1.29, 1.82) is 0 Å². The third-order valence-electron chi connectivity index (χ3n) is 4.16. The minimum Gasteiger partial charge on any atom is -0.507 e. The van der Waals surface area contributed by atoms with E-state index in [0.29, 0.717) is 11.4 Å². The molecule has 6 nitrogen and oxygen atoms in total. The first kappa shape index (κ1) is 17.7. The number of aromatic hydroxyl groups is 1. The zero-order valence-electron chi connectivity index (χ0n) is 14.6. The molecule has 0 bridgehead atoms. The SMILES string of the molecule is CCn1c(SCc2ccc(-c3csnn3)cc2)nnc1-c1ccccc1O. The maximum atomic E-state index is 10.1. The first-order valence-electron chi connectivity index (χ1n) is 8.47. The van der Waals surface area contributed by atoms with Gasteiger partial charge in [-0.2, -0.15) is 0 Å². The fourth-order valence-corrected chi connectivity index (χ4v) is 4.18. The van der Waals surface area contributed by atoms with Gasteiger partial charge in [-0.25, -0.2) is 0 Å². The summed E-state index contributed by atoms with van der Waals surface area (Å²) >= 11 is 2.98. The Morgan fingerprint density at radius 3 is 2.56 bits per heavy atom. The summed E-state index contributed by atoms with van der Waals surface area (Å²) in [7, 11) is 0. The molecule has 2 aromatic carbocycles. The summed E-state index contributed by atoms with van der Waals surface area (Å²) in [6.07, 6.45) is 0. The average Bonchev–Trinajstić information content (AvgIpc) is 3.37. The lowest BCUT2D eigenvalue weighted by atomic mass is 10.1. The minimum absolute atomic E-state index is 0.211. The van der Waals surface area contributed by atoms with E-state index in [9.17, 15) is 5.11 Å². The smallest absolute Gasteiger partial charge is 0.191 e. The van der Waals surface area contributed by atoms with E-state index in [-0.39, 0.29) is 5.75 Å². The van der Waals surface area contributed by atoms with E-state index < -0.39 is 0 Å². The van der Waals surface area contributed by atoms with Crippen molar-refractivity contribution in [3.8, 4) is 28.4 Å². The van der Waals surface area contributed by atoms with Crippen LogP contribution in [0.1, 0.15) is 12.5 Å². The van der Waals surface area contributed by atoms with Gasteiger partial charge in [-0.1, -0.05) is 52.6 Å². The zero-order valence-corrected chi connectivity index (χ0v) is 16.2. The fraction of sp³-hybridized carbons (Fsp3) is 0.158. The molecule has 136 valence electrons. The average molecular weight is 396 g/mol. The third-order valence-corrected chi connectivity index (χ3v) is 5.70. The summed E-state index contributed by atoms with van der Waals surface area (Å²) in [6.45, 7) is 2.78. The Kier molecular flexibility index (Phi) is 5.17. The number of thioether (sulfide) groups is 1. The molecule has 27 heavy (non-hydrogen) atoms. The number of phenols is 1. The first-order chi connectivity index (χ1) is 13.3. The van der Waals surface area contributed by atoms with Crippen LogP contribution in [0.5, 0.6) is 5.75 Å². The largest absolute Gasteiger partial charge is 0.507 e. The summed E-state index contributed by atoms with van der Waals surface area (Å²) < 4.78 is 5.92. The normalized spacial score (nSPS) is 11.0. The van der Waals surface area contributed by atoms with Crippen LogP contribution in [0.15, 0.2) is 59.1 Å². The summed E-state index contributed by atoms with van der Waals surface area (Å²) in [5.74, 6) is 1.68. The molecular weight excluding hydrogens is 378 g/mol. The second kappa shape index (κ2) is 7.89. The molecule has 0 aliphatic heterocycles. The minimum atomic E-state index is 0.211. The van der Waals surface area contributed by atoms with Crippen LogP contribution in [0, 0.1) is 0 Å². The highest BCUT2D eigenvalue weighted by atomic mass is 32.2. The summed E-state index contributed by atoms with van der Waals surface area (Å²) in [6, 6.07) is 15.5. The number of benzene rings is 2. The van der Waals surface area contributed by atoms with Gasteiger partial charge < -0.3 is 9.67 Å². The Labute approximate surface area is 165 Å². The lowest BCUT2D eigenvalue weighted by molar-refractivity contribution is 0.476. The van der Waals surface area contributed by atoms with Crippen molar-refractivity contribution in [2.24, 2.45) is 0 Å². The molecule has 4 rings (SSSR count). The predicted molar refractivity (Wildman–Crippen MR) is 108 cm³/mol. The molecule has 0 saturated carbocycles. The van der Waals surface area contributed by atoms with Crippen LogP contribution in [-0.4, -0.2) is 29.5 Å². The Hall–Kier alpha value is -2.71. The van der Waals surface area contributed by atoms with E-state index in [2.05, 4.69) is 44.0 Å². The van der Waals surface area contributed by atoms with E-state index >= 15 is 0 Å². The molecule has 0 amide bonds. The van der Waals surface area contributed by atoms with Crippen LogP contribution in [0.4, 0.5) is 0 Å². The van der Waals surface area contributed by atoms with Gasteiger partial charge in [-0.05, 0) is 36.2 Å². The molecular formula is C19H17N5OS2. The molecule has 0 aliphatic carbocycles. The zero-order chi connectivity index (χ0) is 18.6. The highest BCUT2D eigenvalue weighted by Gasteiger charge is 2.15. The van der Waals surface area contributed by atoms with Crippen molar-refractivity contribution in [3.63, 3.8) is 0 Å². The quantitative estimate of drug-likeness (QED) is 0.485. The van der Waals surface area contributed by atoms with Gasteiger partial charge >= 0.3 is 0 Å². The maximum Gasteiger partial charge on any atom is 0.191 e. The molecule has 0 atom stereocenters. The van der Waals surface area contributed by atoms with Crippen LogP contribution in [0.25, 0.3) is 22.6 Å². The van der Waals surface area contributed by atoms with E-state index in [4.69, 9.17) is 0 Å². The third kappa shape index (κ3) is 3.72. The molecule has 0 aliphatic rings. The van der Waals surface area contributed by atoms with E-state index in [1.165, 1.54) is 17.1 Å². The van der Waals surface area contributed by atoms with Gasteiger partial charge in [0.2, 0.25) is 0 Å². The Morgan fingerprint density at radius 1 is 1.04 bits per heavy atom. The molecule has 0 radical (unpaired) electrons. The first-order valence-corrected chi connectivity index (χ1v) is 10.3. The molecule has 1 N–H and O–H groups in total. The number of para-hydroxylation sites is 1. The fourth-order valence-electron chi connectivity index (χ4n) is 2.75. The number of hydrogen-bond donors (Lipinski definition) is 1. The number of nitrogens with zero attached hydrogens (tertiary/aromatic N) is 5. The number of aromatic nitrogens is 5. The number of hydrogen-bond acceptors (Lipinski definition) is 7. The second-order valence-corrected chi connectivity index (χ2v) is 7.40. The maximum absolute atomic E-state index is 10.1. The molecule has 0 spiro atoms. The standard InChI is InChI=1S/C19H17N5OS2/c1-2-24-18(15-5-3-4-6-17(15)25)21-22-19(24)26-11-13-7-9-14(10-8-13)16-12-27-23-20-16/h3-10,12,25H,2,11H2,1H3. The molecule has 0 saturated heterocycles. The van der Waals surface area contributed by atoms with Crippen molar-refractivity contribution >= 4 is 23.3 Å². The van der Waals surface area contributed by atoms with Crippen LogP contribution < -0.4 is 0 Å². The van der Waals surface area contributed by atoms with E-state index in [1.54, 1.807) is 23.9 Å². The molecule has 2 aromatic heterocycles. The van der Waals surface area contributed by atoms with Gasteiger partial charge in [-0.15, -0.1) is 15.3 Å². The number of phenolic OH excluding ortho intramolecular Hbond substituents is 1. The van der Waals surface area contributed by atoms with Crippen LogP contribution in [-0.2, 0) is 12.3 Å². The van der Waals surface area contributed by atoms with E-state index in [1.807, 2.05) is 29.0 Å². The number of rotatable bonds is 6. The van der Waals surface area contributed by atoms with Gasteiger partial charge in [0.15, 0.2) is 11.0 Å². The summed E-state index contributed by atoms with van der Waals surface area (Å²) in [4.78, 5) is 0. The van der Waals surface area contributed by atoms with Gasteiger partial charge in [-0.3, -0.25) is 0 Å². The highest BCUT2D eigenvalue weighted by molar-refractivity contribution is 7.98. The van der Waals surface area contributed by atoms with Crippen LogP contribution in [0.3, 0.4) is 0 Å². The molecule has 2 heterocycles. The molecule has 0 fully saturated rings. The van der Waals surface area contributed by atoms with Crippen LogP contribution in [0.2, 0.25) is 0 Å². The Balaban J connectivity index is 1.51. The van der Waals surface area contributed by atoms with Gasteiger partial charge in [0.25, 0.3) is 0 Å². The monoisotopic (exact) mass is 395 g/mol. The summed E-state index contributed by atoms with van der Waals surface area (Å²) in [5, 5.41) is 25.6. The summed E-state index contributed by atoms with van der Waals surface area (Å²) in [5.41, 5.74) is 3.86. The van der Waals surface area contributed by atoms with Crippen LogP contribution >= 0.6 is 23.3 Å². The van der Waals surface area contributed by atoms with Crippen molar-refractivity contribution in [1.82, 2.24) is 24.4 Å². The van der Waals surface area contributed by atoms with Gasteiger partial charge in [0.1, 0.15) is 11.4 Å². The van der Waals surface area contributed by atoms with Gasteiger partial charge in [0.05, 0.1) is 5.56 Å². The highest BCUT2D eigenvalue weighted by Crippen LogP contribution is 2.31. The lowest BCUT2D eigenvalue weighted by Gasteiger charge is -2.08. The van der Waals surface area contributed by atoms with E-state index in [0.717, 1.165) is 28.7 Å². The van der Waals surface area contributed by atoms with Crippen molar-refractivity contribution in [2.45, 2.75) is 24.4 Å².